The van der Waals surface area contributed by atoms with Gasteiger partial charge in [0, 0.05) is 24.8 Å². The van der Waals surface area contributed by atoms with Crippen molar-refractivity contribution in [2.45, 2.75) is 13.3 Å². The lowest BCUT2D eigenvalue weighted by molar-refractivity contribution is -0.147. The van der Waals surface area contributed by atoms with E-state index >= 15 is 0 Å². The molecule has 1 amide bonds. The predicted molar refractivity (Wildman–Crippen MR) is 90.3 cm³/mol. The second-order valence-corrected chi connectivity index (χ2v) is 6.33. The van der Waals surface area contributed by atoms with Crippen LogP contribution in [0.4, 0.5) is 5.69 Å². The van der Waals surface area contributed by atoms with Crippen LogP contribution in [-0.2, 0) is 4.79 Å². The number of anilines is 1. The van der Waals surface area contributed by atoms with Crippen LogP contribution in [0.25, 0.3) is 11.3 Å². The fourth-order valence-corrected chi connectivity index (χ4v) is 2.97. The SMILES string of the molecule is CC1(C(=O)O)CCN(C(=O)c2ccnc(-c3ccccc3)c2N)C1. The molecule has 3 rings (SSSR count). The van der Waals surface area contributed by atoms with Gasteiger partial charge in [-0.05, 0) is 19.4 Å². The van der Waals surface area contributed by atoms with Crippen molar-refractivity contribution in [3.63, 3.8) is 0 Å². The van der Waals surface area contributed by atoms with Crippen LogP contribution in [-0.4, -0.2) is 40.0 Å². The van der Waals surface area contributed by atoms with E-state index in [1.807, 2.05) is 30.3 Å². The molecule has 1 aliphatic rings. The molecule has 1 aromatic heterocycles. The Morgan fingerprint density at radius 3 is 2.58 bits per heavy atom. The number of likely N-dealkylation sites (tertiary alicyclic amines) is 1. The molecule has 1 saturated heterocycles. The Labute approximate surface area is 139 Å². The van der Waals surface area contributed by atoms with Gasteiger partial charge in [-0.1, -0.05) is 30.3 Å². The highest BCUT2D eigenvalue weighted by Gasteiger charge is 2.42. The van der Waals surface area contributed by atoms with Gasteiger partial charge in [0.15, 0.2) is 0 Å². The lowest BCUT2D eigenvalue weighted by atomic mass is 9.90. The number of carbonyl (C=O) groups excluding carboxylic acids is 1. The van der Waals surface area contributed by atoms with Crippen molar-refractivity contribution in [1.29, 1.82) is 0 Å². The summed E-state index contributed by atoms with van der Waals surface area (Å²) in [5, 5.41) is 9.32. The molecular formula is C18H19N3O3. The maximum absolute atomic E-state index is 12.8. The van der Waals surface area contributed by atoms with Gasteiger partial charge in [-0.25, -0.2) is 0 Å². The number of rotatable bonds is 3. The molecule has 0 spiro atoms. The van der Waals surface area contributed by atoms with E-state index in [-0.39, 0.29) is 12.5 Å². The first-order valence-corrected chi connectivity index (χ1v) is 7.75. The number of benzene rings is 1. The van der Waals surface area contributed by atoms with Gasteiger partial charge in [-0.3, -0.25) is 14.6 Å². The molecule has 2 heterocycles. The van der Waals surface area contributed by atoms with Crippen molar-refractivity contribution in [2.24, 2.45) is 5.41 Å². The minimum absolute atomic E-state index is 0.184. The molecule has 0 aliphatic carbocycles. The second kappa shape index (κ2) is 5.96. The number of carboxylic acid groups (broad SMARTS) is 1. The van der Waals surface area contributed by atoms with E-state index in [4.69, 9.17) is 5.73 Å². The zero-order valence-electron chi connectivity index (χ0n) is 13.4. The van der Waals surface area contributed by atoms with Crippen molar-refractivity contribution in [3.05, 3.63) is 48.2 Å². The molecule has 1 unspecified atom stereocenters. The van der Waals surface area contributed by atoms with Gasteiger partial charge in [-0.2, -0.15) is 0 Å². The van der Waals surface area contributed by atoms with Crippen LogP contribution >= 0.6 is 0 Å². The Bertz CT molecular complexity index is 791. The standard InChI is InChI=1S/C18H19N3O3/c1-18(17(23)24)8-10-21(11-18)16(22)13-7-9-20-15(14(13)19)12-5-3-2-4-6-12/h2-7,9H,8,10-11,19H2,1H3,(H,23,24). The molecule has 1 fully saturated rings. The van der Waals surface area contributed by atoms with E-state index in [0.717, 1.165) is 5.56 Å². The summed E-state index contributed by atoms with van der Waals surface area (Å²) in [6.45, 7) is 2.25. The number of nitrogens with two attached hydrogens (primary N) is 1. The number of carboxylic acids is 1. The van der Waals surface area contributed by atoms with E-state index in [9.17, 15) is 14.7 Å². The summed E-state index contributed by atoms with van der Waals surface area (Å²) in [5.74, 6) is -1.14. The Morgan fingerprint density at radius 1 is 1.25 bits per heavy atom. The van der Waals surface area contributed by atoms with E-state index < -0.39 is 11.4 Å². The van der Waals surface area contributed by atoms with Gasteiger partial charge in [-0.15, -0.1) is 0 Å². The van der Waals surface area contributed by atoms with E-state index in [1.54, 1.807) is 24.1 Å². The molecular weight excluding hydrogens is 306 g/mol. The number of amides is 1. The lowest BCUT2D eigenvalue weighted by Crippen LogP contribution is -2.35. The van der Waals surface area contributed by atoms with Gasteiger partial charge < -0.3 is 15.7 Å². The number of nitrogens with zero attached hydrogens (tertiary/aromatic N) is 2. The molecule has 0 bridgehead atoms. The minimum atomic E-state index is -0.903. The fourth-order valence-electron chi connectivity index (χ4n) is 2.97. The number of aliphatic carboxylic acids is 1. The van der Waals surface area contributed by atoms with Gasteiger partial charge in [0.25, 0.3) is 5.91 Å². The monoisotopic (exact) mass is 325 g/mol. The van der Waals surface area contributed by atoms with Gasteiger partial charge in [0.1, 0.15) is 0 Å². The molecule has 0 saturated carbocycles. The first-order chi connectivity index (χ1) is 11.4. The summed E-state index contributed by atoms with van der Waals surface area (Å²) >= 11 is 0. The highest BCUT2D eigenvalue weighted by molar-refractivity contribution is 6.02. The average molecular weight is 325 g/mol. The summed E-state index contributed by atoms with van der Waals surface area (Å²) in [6, 6.07) is 11.0. The van der Waals surface area contributed by atoms with Crippen LogP contribution in [0.2, 0.25) is 0 Å². The Morgan fingerprint density at radius 2 is 1.96 bits per heavy atom. The van der Waals surface area contributed by atoms with Crippen molar-refractivity contribution < 1.29 is 14.7 Å². The van der Waals surface area contributed by atoms with Crippen LogP contribution < -0.4 is 5.73 Å². The van der Waals surface area contributed by atoms with E-state index in [1.165, 1.54) is 0 Å². The first kappa shape index (κ1) is 16.0. The largest absolute Gasteiger partial charge is 0.481 e. The molecule has 1 aliphatic heterocycles. The van der Waals surface area contributed by atoms with Crippen LogP contribution in [0, 0.1) is 5.41 Å². The molecule has 1 atom stereocenters. The highest BCUT2D eigenvalue weighted by atomic mass is 16.4. The van der Waals surface area contributed by atoms with E-state index in [0.29, 0.717) is 29.9 Å². The van der Waals surface area contributed by atoms with Crippen LogP contribution in [0.1, 0.15) is 23.7 Å². The zero-order valence-corrected chi connectivity index (χ0v) is 13.4. The average Bonchev–Trinajstić information content (AvgIpc) is 2.99. The maximum atomic E-state index is 12.8. The summed E-state index contributed by atoms with van der Waals surface area (Å²) in [6.07, 6.45) is 1.99. The van der Waals surface area contributed by atoms with Crippen molar-refractivity contribution in [2.75, 3.05) is 18.8 Å². The molecule has 124 valence electrons. The minimum Gasteiger partial charge on any atom is -0.481 e. The normalized spacial score (nSPS) is 20.1. The number of aromatic nitrogens is 1. The summed E-state index contributed by atoms with van der Waals surface area (Å²) in [5.41, 5.74) is 7.35. The number of pyridine rings is 1. The Kier molecular flexibility index (Phi) is 3.97. The fraction of sp³-hybridized carbons (Fsp3) is 0.278. The van der Waals surface area contributed by atoms with E-state index in [2.05, 4.69) is 4.98 Å². The maximum Gasteiger partial charge on any atom is 0.311 e. The van der Waals surface area contributed by atoms with Gasteiger partial charge in [0.05, 0.1) is 22.4 Å². The first-order valence-electron chi connectivity index (χ1n) is 7.75. The molecule has 24 heavy (non-hydrogen) atoms. The summed E-state index contributed by atoms with van der Waals surface area (Å²) < 4.78 is 0. The molecule has 6 nitrogen and oxygen atoms in total. The smallest absolute Gasteiger partial charge is 0.311 e. The Hall–Kier alpha value is -2.89. The van der Waals surface area contributed by atoms with Crippen LogP contribution in [0.3, 0.4) is 0 Å². The summed E-state index contributed by atoms with van der Waals surface area (Å²) in [4.78, 5) is 30.0. The lowest BCUT2D eigenvalue weighted by Gasteiger charge is -2.21. The van der Waals surface area contributed by atoms with Crippen molar-refractivity contribution >= 4 is 17.6 Å². The molecule has 3 N–H and O–H groups in total. The zero-order chi connectivity index (χ0) is 17.3. The molecule has 6 heteroatoms. The number of hydrogen-bond donors (Lipinski definition) is 2. The third-order valence-electron chi connectivity index (χ3n) is 4.54. The summed E-state index contributed by atoms with van der Waals surface area (Å²) in [7, 11) is 0. The molecule has 2 aromatic rings. The third kappa shape index (κ3) is 2.71. The van der Waals surface area contributed by atoms with Crippen LogP contribution in [0.15, 0.2) is 42.6 Å². The van der Waals surface area contributed by atoms with Crippen molar-refractivity contribution in [3.8, 4) is 11.3 Å². The second-order valence-electron chi connectivity index (χ2n) is 6.33. The number of hydrogen-bond acceptors (Lipinski definition) is 4. The number of nitrogen functional groups attached to an aromatic ring is 1. The Balaban J connectivity index is 1.91. The van der Waals surface area contributed by atoms with Crippen molar-refractivity contribution in [1.82, 2.24) is 9.88 Å². The number of carbonyl (C=O) groups is 2. The highest BCUT2D eigenvalue weighted by Crippen LogP contribution is 2.33. The van der Waals surface area contributed by atoms with Gasteiger partial charge >= 0.3 is 5.97 Å². The van der Waals surface area contributed by atoms with Crippen LogP contribution in [0.5, 0.6) is 0 Å². The quantitative estimate of drug-likeness (QED) is 0.902. The van der Waals surface area contributed by atoms with Gasteiger partial charge in [0.2, 0.25) is 0 Å². The third-order valence-corrected chi connectivity index (χ3v) is 4.54. The predicted octanol–water partition coefficient (Wildman–Crippen LogP) is 2.27. The molecule has 0 radical (unpaired) electrons. The molecule has 1 aromatic carbocycles. The topological polar surface area (TPSA) is 96.5 Å².